The molecule has 13 heavy (non-hydrogen) atoms. The Morgan fingerprint density at radius 2 is 2.54 bits per heavy atom. The number of nitrogens with zero attached hydrogens (tertiary/aromatic N) is 2. The summed E-state index contributed by atoms with van der Waals surface area (Å²) >= 11 is 0. The third-order valence-corrected chi connectivity index (χ3v) is 1.64. The Morgan fingerprint density at radius 1 is 1.69 bits per heavy atom. The topological polar surface area (TPSA) is 46.9 Å². The summed E-state index contributed by atoms with van der Waals surface area (Å²) in [7, 11) is 0. The van der Waals surface area contributed by atoms with Crippen molar-refractivity contribution in [3.8, 4) is 0 Å². The van der Waals surface area contributed by atoms with Crippen LogP contribution in [0.1, 0.15) is 6.42 Å². The molecular weight excluding hydrogens is 166 g/mol. The maximum atomic E-state index is 10.7. The Morgan fingerprint density at radius 3 is 3.15 bits per heavy atom. The first kappa shape index (κ1) is 9.51. The van der Waals surface area contributed by atoms with E-state index in [4.69, 9.17) is 0 Å². The smallest absolute Gasteiger partial charge is 0.243 e. The molecule has 4 nitrogen and oxygen atoms in total. The highest BCUT2D eigenvalue weighted by molar-refractivity contribution is 5.86. The summed E-state index contributed by atoms with van der Waals surface area (Å²) in [5, 5.41) is 2.70. The first-order valence-electron chi connectivity index (χ1n) is 4.19. The van der Waals surface area contributed by atoms with Gasteiger partial charge in [-0.2, -0.15) is 0 Å². The first-order valence-corrected chi connectivity index (χ1v) is 4.19. The predicted octanol–water partition coefficient (Wildman–Crippen LogP) is 0.575. The number of aromatic nitrogens is 2. The van der Waals surface area contributed by atoms with Gasteiger partial charge in [0.05, 0.1) is 6.33 Å². The monoisotopic (exact) mass is 179 g/mol. The molecule has 70 valence electrons. The lowest BCUT2D eigenvalue weighted by atomic mass is 10.4. The number of rotatable bonds is 5. The van der Waals surface area contributed by atoms with Crippen molar-refractivity contribution < 1.29 is 4.79 Å². The van der Waals surface area contributed by atoms with Gasteiger partial charge in [0.15, 0.2) is 0 Å². The van der Waals surface area contributed by atoms with Crippen LogP contribution < -0.4 is 5.32 Å². The van der Waals surface area contributed by atoms with E-state index in [9.17, 15) is 4.79 Å². The van der Waals surface area contributed by atoms with E-state index >= 15 is 0 Å². The maximum absolute atomic E-state index is 10.7. The van der Waals surface area contributed by atoms with Gasteiger partial charge in [0.2, 0.25) is 5.91 Å². The van der Waals surface area contributed by atoms with Gasteiger partial charge in [-0.05, 0) is 12.5 Å². The molecule has 0 aliphatic carbocycles. The Balaban J connectivity index is 2.08. The molecule has 0 fully saturated rings. The number of aryl methyl sites for hydroxylation is 1. The third kappa shape index (κ3) is 3.55. The van der Waals surface area contributed by atoms with Crippen molar-refractivity contribution in [2.75, 3.05) is 6.54 Å². The molecule has 0 bridgehead atoms. The zero-order chi connectivity index (χ0) is 9.52. The molecule has 0 aliphatic rings. The van der Waals surface area contributed by atoms with Crippen molar-refractivity contribution in [2.24, 2.45) is 0 Å². The van der Waals surface area contributed by atoms with Crippen LogP contribution in [0, 0.1) is 0 Å². The van der Waals surface area contributed by atoms with Gasteiger partial charge >= 0.3 is 0 Å². The van der Waals surface area contributed by atoms with E-state index in [-0.39, 0.29) is 5.91 Å². The summed E-state index contributed by atoms with van der Waals surface area (Å²) in [4.78, 5) is 14.6. The highest BCUT2D eigenvalue weighted by Gasteiger charge is 1.93. The summed E-state index contributed by atoms with van der Waals surface area (Å²) in [5.41, 5.74) is 0. The second-order valence-corrected chi connectivity index (χ2v) is 2.65. The minimum atomic E-state index is -0.120. The Bertz CT molecular complexity index is 266. The van der Waals surface area contributed by atoms with Crippen LogP contribution in [0.4, 0.5) is 0 Å². The fourth-order valence-electron chi connectivity index (χ4n) is 0.964. The molecule has 1 amide bonds. The number of hydrogen-bond acceptors (Lipinski definition) is 2. The molecule has 0 aromatic carbocycles. The molecule has 4 heteroatoms. The normalized spacial score (nSPS) is 9.54. The molecule has 0 aliphatic heterocycles. The molecule has 1 aromatic rings. The van der Waals surface area contributed by atoms with E-state index in [1.54, 1.807) is 12.5 Å². The second kappa shape index (κ2) is 5.13. The molecule has 1 heterocycles. The summed E-state index contributed by atoms with van der Waals surface area (Å²) in [6, 6.07) is 0. The molecule has 1 aromatic heterocycles. The molecule has 0 saturated heterocycles. The van der Waals surface area contributed by atoms with Crippen molar-refractivity contribution in [3.63, 3.8) is 0 Å². The van der Waals surface area contributed by atoms with Crippen LogP contribution in [0.2, 0.25) is 0 Å². The van der Waals surface area contributed by atoms with E-state index in [2.05, 4.69) is 16.9 Å². The molecule has 0 saturated carbocycles. The number of carbonyl (C=O) groups is 1. The lowest BCUT2D eigenvalue weighted by molar-refractivity contribution is -0.116. The lowest BCUT2D eigenvalue weighted by Gasteiger charge is -2.02. The minimum absolute atomic E-state index is 0.120. The van der Waals surface area contributed by atoms with Gasteiger partial charge in [0.25, 0.3) is 0 Å². The highest BCUT2D eigenvalue weighted by Crippen LogP contribution is 1.88. The van der Waals surface area contributed by atoms with Crippen molar-refractivity contribution in [1.82, 2.24) is 14.9 Å². The van der Waals surface area contributed by atoms with Gasteiger partial charge in [-0.1, -0.05) is 6.58 Å². The van der Waals surface area contributed by atoms with Gasteiger partial charge < -0.3 is 9.88 Å². The lowest BCUT2D eigenvalue weighted by Crippen LogP contribution is -2.22. The van der Waals surface area contributed by atoms with Crippen LogP contribution in [0.15, 0.2) is 31.4 Å². The highest BCUT2D eigenvalue weighted by atomic mass is 16.1. The molecular formula is C9H13N3O. The van der Waals surface area contributed by atoms with Crippen molar-refractivity contribution >= 4 is 5.91 Å². The van der Waals surface area contributed by atoms with Crippen LogP contribution in [-0.2, 0) is 11.3 Å². The number of imidazole rings is 1. The average Bonchev–Trinajstić information content (AvgIpc) is 2.64. The quantitative estimate of drug-likeness (QED) is 0.530. The fourth-order valence-corrected chi connectivity index (χ4v) is 0.964. The van der Waals surface area contributed by atoms with Gasteiger partial charge in [-0.15, -0.1) is 0 Å². The number of nitrogens with one attached hydrogen (secondary N) is 1. The van der Waals surface area contributed by atoms with E-state index in [1.165, 1.54) is 6.08 Å². The van der Waals surface area contributed by atoms with Crippen LogP contribution in [-0.4, -0.2) is 22.0 Å². The predicted molar refractivity (Wildman–Crippen MR) is 50.1 cm³/mol. The standard InChI is InChI=1S/C9H13N3O/c1-2-9(13)11-4-3-6-12-7-5-10-8-12/h2,5,7-8H,1,3-4,6H2,(H,11,13). The van der Waals surface area contributed by atoms with Crippen LogP contribution >= 0.6 is 0 Å². The van der Waals surface area contributed by atoms with Crippen LogP contribution in [0.5, 0.6) is 0 Å². The summed E-state index contributed by atoms with van der Waals surface area (Å²) in [6.07, 6.45) is 7.57. The molecule has 0 atom stereocenters. The van der Waals surface area contributed by atoms with E-state index in [0.717, 1.165) is 13.0 Å². The zero-order valence-corrected chi connectivity index (χ0v) is 7.44. The third-order valence-electron chi connectivity index (χ3n) is 1.64. The first-order chi connectivity index (χ1) is 6.33. The fraction of sp³-hybridized carbons (Fsp3) is 0.333. The molecule has 0 spiro atoms. The maximum Gasteiger partial charge on any atom is 0.243 e. The summed E-state index contributed by atoms with van der Waals surface area (Å²) in [5.74, 6) is -0.120. The molecule has 1 rings (SSSR count). The van der Waals surface area contributed by atoms with Crippen LogP contribution in [0.25, 0.3) is 0 Å². The van der Waals surface area contributed by atoms with Gasteiger partial charge in [-0.3, -0.25) is 4.79 Å². The Kier molecular flexibility index (Phi) is 3.75. The summed E-state index contributed by atoms with van der Waals surface area (Å²) in [6.45, 7) is 4.90. The number of amides is 1. The average molecular weight is 179 g/mol. The minimum Gasteiger partial charge on any atom is -0.353 e. The molecule has 1 N–H and O–H groups in total. The largest absolute Gasteiger partial charge is 0.353 e. The Hall–Kier alpha value is -1.58. The van der Waals surface area contributed by atoms with E-state index < -0.39 is 0 Å². The van der Waals surface area contributed by atoms with Gasteiger partial charge in [0.1, 0.15) is 0 Å². The SMILES string of the molecule is C=CC(=O)NCCCn1ccnc1. The number of carbonyl (C=O) groups excluding carboxylic acids is 1. The van der Waals surface area contributed by atoms with Crippen molar-refractivity contribution in [2.45, 2.75) is 13.0 Å². The molecule has 0 radical (unpaired) electrons. The van der Waals surface area contributed by atoms with E-state index in [0.29, 0.717) is 6.54 Å². The van der Waals surface area contributed by atoms with Crippen LogP contribution in [0.3, 0.4) is 0 Å². The zero-order valence-electron chi connectivity index (χ0n) is 7.44. The Labute approximate surface area is 77.3 Å². The number of hydrogen-bond donors (Lipinski definition) is 1. The summed E-state index contributed by atoms with van der Waals surface area (Å²) < 4.78 is 1.97. The molecule has 0 unspecified atom stereocenters. The van der Waals surface area contributed by atoms with Crippen molar-refractivity contribution in [3.05, 3.63) is 31.4 Å². The second-order valence-electron chi connectivity index (χ2n) is 2.65. The van der Waals surface area contributed by atoms with E-state index in [1.807, 2.05) is 10.8 Å². The van der Waals surface area contributed by atoms with Gasteiger partial charge in [-0.25, -0.2) is 4.98 Å². The van der Waals surface area contributed by atoms with Gasteiger partial charge in [0, 0.05) is 25.5 Å². The van der Waals surface area contributed by atoms with Crippen molar-refractivity contribution in [1.29, 1.82) is 0 Å².